The molecule has 1 aromatic carbocycles. The fourth-order valence-corrected chi connectivity index (χ4v) is 4.42. The lowest BCUT2D eigenvalue weighted by molar-refractivity contribution is -0.141. The van der Waals surface area contributed by atoms with E-state index in [0.29, 0.717) is 6.54 Å². The zero-order valence-electron chi connectivity index (χ0n) is 17.4. The van der Waals surface area contributed by atoms with Crippen LogP contribution in [0.25, 0.3) is 16.8 Å². The van der Waals surface area contributed by atoms with Gasteiger partial charge < -0.3 is 14.4 Å². The van der Waals surface area contributed by atoms with Crippen molar-refractivity contribution in [2.45, 2.75) is 45.6 Å². The largest absolute Gasteiger partial charge is 0.481 e. The molecule has 1 aliphatic heterocycles. The molecule has 1 N–H and O–H groups in total. The summed E-state index contributed by atoms with van der Waals surface area (Å²) in [5.74, 6) is -0.0124. The van der Waals surface area contributed by atoms with Crippen LogP contribution >= 0.6 is 0 Å². The molecule has 6 heteroatoms. The molecule has 6 nitrogen and oxygen atoms in total. The molecule has 4 rings (SSSR count). The molecule has 30 heavy (non-hydrogen) atoms. The van der Waals surface area contributed by atoms with E-state index in [1.54, 1.807) is 0 Å². The highest BCUT2D eigenvalue weighted by atomic mass is 16.4. The summed E-state index contributed by atoms with van der Waals surface area (Å²) >= 11 is 0. The third-order valence-corrected chi connectivity index (χ3v) is 5.75. The van der Waals surface area contributed by atoms with Gasteiger partial charge in [-0.25, -0.2) is 4.98 Å². The van der Waals surface area contributed by atoms with Crippen LogP contribution in [-0.4, -0.2) is 37.8 Å². The third kappa shape index (κ3) is 3.95. The van der Waals surface area contributed by atoms with E-state index >= 15 is 0 Å². The molecule has 1 saturated heterocycles. The molecule has 1 amide bonds. The lowest BCUT2D eigenvalue weighted by Crippen LogP contribution is -2.35. The number of aromatic nitrogens is 2. The number of carbonyl (C=O) groups is 2. The van der Waals surface area contributed by atoms with Crippen molar-refractivity contribution in [2.24, 2.45) is 5.41 Å². The number of aliphatic carboxylic acids is 1. The molecule has 156 valence electrons. The average molecular weight is 405 g/mol. The molecule has 1 unspecified atom stereocenters. The molecule has 0 aliphatic carbocycles. The summed E-state index contributed by atoms with van der Waals surface area (Å²) in [5.41, 5.74) is 2.40. The maximum atomic E-state index is 13.1. The van der Waals surface area contributed by atoms with Crippen LogP contribution in [0.15, 0.2) is 54.7 Å². The number of carboxylic acids is 1. The molecular formula is C24H27N3O3. The number of benzene rings is 1. The van der Waals surface area contributed by atoms with E-state index in [2.05, 4.69) is 10.5 Å². The van der Waals surface area contributed by atoms with E-state index in [-0.39, 0.29) is 24.8 Å². The van der Waals surface area contributed by atoms with E-state index in [1.807, 2.05) is 67.4 Å². The predicted octanol–water partition coefficient (Wildman–Crippen LogP) is 4.56. The Hall–Kier alpha value is -3.15. The van der Waals surface area contributed by atoms with Crippen molar-refractivity contribution >= 4 is 17.4 Å². The van der Waals surface area contributed by atoms with E-state index in [9.17, 15) is 9.59 Å². The van der Waals surface area contributed by atoms with Gasteiger partial charge in [-0.1, -0.05) is 50.2 Å². The van der Waals surface area contributed by atoms with Gasteiger partial charge in [0.25, 0.3) is 0 Å². The summed E-state index contributed by atoms with van der Waals surface area (Å²) < 4.78 is 2.08. The summed E-state index contributed by atoms with van der Waals surface area (Å²) in [6.07, 6.45) is 3.96. The van der Waals surface area contributed by atoms with Crippen LogP contribution in [0.4, 0.5) is 0 Å². The Kier molecular flexibility index (Phi) is 5.33. The SMILES string of the molecule is CC(C)(CC(=O)O)CC(=O)N1CCCC1c1nc(-c2ccccc2)c2ccccn12. The number of rotatable bonds is 6. The molecule has 3 aromatic rings. The molecule has 0 saturated carbocycles. The second-order valence-electron chi connectivity index (χ2n) is 8.80. The van der Waals surface area contributed by atoms with Crippen LogP contribution < -0.4 is 0 Å². The van der Waals surface area contributed by atoms with E-state index < -0.39 is 11.4 Å². The Morgan fingerprint density at radius 1 is 1.10 bits per heavy atom. The molecular weight excluding hydrogens is 378 g/mol. The van der Waals surface area contributed by atoms with Gasteiger partial charge in [0.05, 0.1) is 23.7 Å². The molecule has 1 fully saturated rings. The van der Waals surface area contributed by atoms with Crippen molar-refractivity contribution in [2.75, 3.05) is 6.54 Å². The zero-order valence-corrected chi connectivity index (χ0v) is 17.4. The lowest BCUT2D eigenvalue weighted by Gasteiger charge is -2.29. The van der Waals surface area contributed by atoms with Crippen LogP contribution in [0.2, 0.25) is 0 Å². The first-order valence-corrected chi connectivity index (χ1v) is 10.4. The Morgan fingerprint density at radius 3 is 2.57 bits per heavy atom. The summed E-state index contributed by atoms with van der Waals surface area (Å²) in [6, 6.07) is 16.0. The Morgan fingerprint density at radius 2 is 1.83 bits per heavy atom. The summed E-state index contributed by atoms with van der Waals surface area (Å²) in [7, 11) is 0. The number of amides is 1. The van der Waals surface area contributed by atoms with Gasteiger partial charge in [0, 0.05) is 24.7 Å². The van der Waals surface area contributed by atoms with Gasteiger partial charge in [0.15, 0.2) is 0 Å². The molecule has 0 bridgehead atoms. The van der Waals surface area contributed by atoms with Crippen molar-refractivity contribution in [3.8, 4) is 11.3 Å². The van der Waals surface area contributed by atoms with Gasteiger partial charge in [0.2, 0.25) is 5.91 Å². The smallest absolute Gasteiger partial charge is 0.303 e. The monoisotopic (exact) mass is 405 g/mol. The molecule has 1 atom stereocenters. The van der Waals surface area contributed by atoms with Crippen molar-refractivity contribution in [1.29, 1.82) is 0 Å². The second kappa shape index (κ2) is 7.94. The number of carboxylic acid groups (broad SMARTS) is 1. The van der Waals surface area contributed by atoms with Gasteiger partial charge in [-0.2, -0.15) is 0 Å². The number of hydrogen-bond donors (Lipinski definition) is 1. The minimum atomic E-state index is -0.877. The van der Waals surface area contributed by atoms with E-state index in [0.717, 1.165) is 35.4 Å². The molecule has 1 aliphatic rings. The first-order valence-electron chi connectivity index (χ1n) is 10.4. The highest BCUT2D eigenvalue weighted by Crippen LogP contribution is 2.37. The van der Waals surface area contributed by atoms with Crippen LogP contribution in [-0.2, 0) is 9.59 Å². The first kappa shape index (κ1) is 20.1. The second-order valence-corrected chi connectivity index (χ2v) is 8.80. The van der Waals surface area contributed by atoms with Crippen LogP contribution in [0.1, 0.15) is 51.4 Å². The zero-order chi connectivity index (χ0) is 21.3. The average Bonchev–Trinajstić information content (AvgIpc) is 3.32. The topological polar surface area (TPSA) is 74.9 Å². The van der Waals surface area contributed by atoms with Gasteiger partial charge in [-0.3, -0.25) is 9.59 Å². The number of hydrogen-bond acceptors (Lipinski definition) is 3. The fraction of sp³-hybridized carbons (Fsp3) is 0.375. The van der Waals surface area contributed by atoms with Crippen molar-refractivity contribution in [3.05, 3.63) is 60.6 Å². The number of likely N-dealkylation sites (tertiary alicyclic amines) is 1. The van der Waals surface area contributed by atoms with Crippen LogP contribution in [0.3, 0.4) is 0 Å². The molecule has 2 aromatic heterocycles. The fourth-order valence-electron chi connectivity index (χ4n) is 4.42. The maximum Gasteiger partial charge on any atom is 0.303 e. The standard InChI is InChI=1S/C24H27N3O3/c1-24(2,16-21(29)30)15-20(28)26-14-8-12-19(26)23-25-22(17-9-4-3-5-10-17)18-11-6-7-13-27(18)23/h3-7,9-11,13,19H,8,12,14-16H2,1-2H3,(H,29,30). The number of imidazole rings is 1. The summed E-state index contributed by atoms with van der Waals surface area (Å²) in [6.45, 7) is 4.35. The predicted molar refractivity (Wildman–Crippen MR) is 115 cm³/mol. The Labute approximate surface area is 176 Å². The number of fused-ring (bicyclic) bond motifs is 1. The molecule has 0 radical (unpaired) electrons. The lowest BCUT2D eigenvalue weighted by atomic mass is 9.85. The van der Waals surface area contributed by atoms with Crippen molar-refractivity contribution in [3.63, 3.8) is 0 Å². The van der Waals surface area contributed by atoms with Gasteiger partial charge in [0.1, 0.15) is 5.82 Å². The summed E-state index contributed by atoms with van der Waals surface area (Å²) in [4.78, 5) is 31.2. The van der Waals surface area contributed by atoms with Crippen LogP contribution in [0, 0.1) is 5.41 Å². The van der Waals surface area contributed by atoms with Crippen molar-refractivity contribution in [1.82, 2.24) is 14.3 Å². The van der Waals surface area contributed by atoms with Gasteiger partial charge in [-0.15, -0.1) is 0 Å². The van der Waals surface area contributed by atoms with Crippen LogP contribution in [0.5, 0.6) is 0 Å². The summed E-state index contributed by atoms with van der Waals surface area (Å²) in [5, 5.41) is 9.15. The minimum Gasteiger partial charge on any atom is -0.481 e. The quantitative estimate of drug-likeness (QED) is 0.653. The Balaban J connectivity index is 1.68. The molecule has 3 heterocycles. The van der Waals surface area contributed by atoms with Gasteiger partial charge >= 0.3 is 5.97 Å². The highest BCUT2D eigenvalue weighted by molar-refractivity contribution is 5.80. The maximum absolute atomic E-state index is 13.1. The molecule has 0 spiro atoms. The Bertz CT molecular complexity index is 1070. The van der Waals surface area contributed by atoms with E-state index in [1.165, 1.54) is 0 Å². The van der Waals surface area contributed by atoms with E-state index in [4.69, 9.17) is 10.1 Å². The highest BCUT2D eigenvalue weighted by Gasteiger charge is 2.36. The third-order valence-electron chi connectivity index (χ3n) is 5.75. The van der Waals surface area contributed by atoms with Gasteiger partial charge in [-0.05, 0) is 30.4 Å². The normalized spacial score (nSPS) is 16.9. The number of carbonyl (C=O) groups excluding carboxylic acids is 1. The first-order chi connectivity index (χ1) is 14.4. The minimum absolute atomic E-state index is 0.00214. The number of nitrogens with zero attached hydrogens (tertiary/aromatic N) is 3. The number of pyridine rings is 1. The van der Waals surface area contributed by atoms with Crippen molar-refractivity contribution < 1.29 is 14.7 Å².